The Bertz CT molecular complexity index is 1690. The quantitative estimate of drug-likeness (QED) is 0.389. The van der Waals surface area contributed by atoms with Crippen LogP contribution >= 0.6 is 11.3 Å². The summed E-state index contributed by atoms with van der Waals surface area (Å²) in [5.41, 5.74) is 0.374. The first-order valence-electron chi connectivity index (χ1n) is 14.2. The molecule has 2 atom stereocenters. The number of hydrogen-bond donors (Lipinski definition) is 1. The van der Waals surface area contributed by atoms with Crippen LogP contribution in [0.25, 0.3) is 16.0 Å². The molecule has 0 unspecified atom stereocenters. The lowest BCUT2D eigenvalue weighted by Gasteiger charge is -2.49. The van der Waals surface area contributed by atoms with Gasteiger partial charge in [0.15, 0.2) is 5.01 Å². The van der Waals surface area contributed by atoms with Crippen molar-refractivity contribution in [2.24, 2.45) is 0 Å². The molecule has 0 spiro atoms. The highest BCUT2D eigenvalue weighted by Crippen LogP contribution is 2.42. The van der Waals surface area contributed by atoms with E-state index < -0.39 is 27.0 Å². The summed E-state index contributed by atoms with van der Waals surface area (Å²) in [7, 11) is -2.06. The van der Waals surface area contributed by atoms with Gasteiger partial charge in [-0.2, -0.15) is 0 Å². The summed E-state index contributed by atoms with van der Waals surface area (Å²) in [5.74, 6) is 0.278. The molecule has 1 aromatic carbocycles. The van der Waals surface area contributed by atoms with Gasteiger partial charge >= 0.3 is 0 Å². The van der Waals surface area contributed by atoms with Gasteiger partial charge in [0.2, 0.25) is 26.9 Å². The van der Waals surface area contributed by atoms with E-state index >= 15 is 0 Å². The fourth-order valence-electron chi connectivity index (χ4n) is 5.75. The van der Waals surface area contributed by atoms with Crippen LogP contribution < -0.4 is 14.4 Å². The molecular formula is C26H32F2N8O5S2. The number of ether oxygens (including phenoxy) is 2. The van der Waals surface area contributed by atoms with Crippen LogP contribution in [0.15, 0.2) is 17.0 Å². The lowest BCUT2D eigenvalue weighted by atomic mass is 10.0. The molecule has 43 heavy (non-hydrogen) atoms. The van der Waals surface area contributed by atoms with Gasteiger partial charge < -0.3 is 19.3 Å². The third-order valence-corrected chi connectivity index (χ3v) is 11.2. The largest absolute Gasteiger partial charge is 0.468 e. The Labute approximate surface area is 250 Å². The number of hydrogen-bond acceptors (Lipinski definition) is 11. The Morgan fingerprint density at radius 2 is 1.95 bits per heavy atom. The van der Waals surface area contributed by atoms with Gasteiger partial charge in [0.25, 0.3) is 6.43 Å². The molecule has 4 fully saturated rings. The van der Waals surface area contributed by atoms with Gasteiger partial charge in [0.05, 0.1) is 46.8 Å². The monoisotopic (exact) mass is 638 g/mol. The number of halogens is 2. The van der Waals surface area contributed by atoms with Crippen molar-refractivity contribution in [3.8, 4) is 11.0 Å². The maximum Gasteiger partial charge on any atom is 0.291 e. The molecule has 4 aliphatic rings. The highest BCUT2D eigenvalue weighted by atomic mass is 32.2. The standard InChI is InChI=1S/C26H32F2N8O5S2/c1-14-24(37)35-7-6-34(11-15(35)10-33(14)3)18-8-17(43(38,39)32-26(2)4-5-26)9-19-20(18)22(41-16-12-40-13-16)31-36(19)25-30-29-23(42-25)21(27)28/h8-9,14-16,21,32H,4-7,10-13H2,1-3H3/t14-,15-/m1/s1. The lowest BCUT2D eigenvalue weighted by molar-refractivity contribution is -0.144. The molecule has 5 heterocycles. The van der Waals surface area contributed by atoms with Crippen molar-refractivity contribution >= 4 is 43.9 Å². The average molecular weight is 639 g/mol. The van der Waals surface area contributed by atoms with E-state index in [0.717, 1.165) is 12.8 Å². The molecule has 1 amide bonds. The number of alkyl halides is 2. The zero-order valence-corrected chi connectivity index (χ0v) is 25.5. The molecule has 0 bridgehead atoms. The molecule has 3 aliphatic heterocycles. The molecular weight excluding hydrogens is 606 g/mol. The molecule has 1 aliphatic carbocycles. The molecule has 3 aromatic rings. The first-order valence-corrected chi connectivity index (χ1v) is 16.5. The van der Waals surface area contributed by atoms with Crippen LogP contribution in [0.4, 0.5) is 14.5 Å². The van der Waals surface area contributed by atoms with Crippen molar-refractivity contribution < 1.29 is 31.5 Å². The van der Waals surface area contributed by atoms with Gasteiger partial charge in [-0.05, 0) is 45.9 Å². The normalized spacial score (nSPS) is 24.5. The predicted molar refractivity (Wildman–Crippen MR) is 152 cm³/mol. The summed E-state index contributed by atoms with van der Waals surface area (Å²) in [5, 5.41) is 12.3. The van der Waals surface area contributed by atoms with E-state index in [2.05, 4.69) is 24.9 Å². The number of anilines is 1. The van der Waals surface area contributed by atoms with Crippen LogP contribution in [0.1, 0.15) is 38.1 Å². The number of carbonyl (C=O) groups excluding carboxylic acids is 1. The van der Waals surface area contributed by atoms with E-state index in [-0.39, 0.29) is 40.0 Å². The summed E-state index contributed by atoms with van der Waals surface area (Å²) < 4.78 is 70.0. The summed E-state index contributed by atoms with van der Waals surface area (Å²) in [4.78, 5) is 19.0. The van der Waals surface area contributed by atoms with Gasteiger partial charge in [-0.3, -0.25) is 9.69 Å². The maximum absolute atomic E-state index is 13.7. The number of nitrogens with zero attached hydrogens (tertiary/aromatic N) is 7. The summed E-state index contributed by atoms with van der Waals surface area (Å²) >= 11 is 0.671. The highest BCUT2D eigenvalue weighted by Gasteiger charge is 2.43. The van der Waals surface area contributed by atoms with E-state index in [0.29, 0.717) is 67.3 Å². The number of aromatic nitrogens is 4. The van der Waals surface area contributed by atoms with Crippen LogP contribution in [0.5, 0.6) is 5.88 Å². The molecule has 3 saturated heterocycles. The molecule has 13 nitrogen and oxygen atoms in total. The van der Waals surface area contributed by atoms with Crippen LogP contribution in [0, 0.1) is 0 Å². The molecule has 1 N–H and O–H groups in total. The first-order chi connectivity index (χ1) is 20.4. The third-order valence-electron chi connectivity index (χ3n) is 8.70. The topological polar surface area (TPSA) is 135 Å². The zero-order chi connectivity index (χ0) is 30.3. The molecule has 17 heteroatoms. The summed E-state index contributed by atoms with van der Waals surface area (Å²) in [6.07, 6.45) is -1.63. The van der Waals surface area contributed by atoms with Crippen molar-refractivity contribution in [2.75, 3.05) is 51.3 Å². The summed E-state index contributed by atoms with van der Waals surface area (Å²) in [6.45, 7) is 6.50. The van der Waals surface area contributed by atoms with E-state index in [1.54, 1.807) is 6.07 Å². The predicted octanol–water partition coefficient (Wildman–Crippen LogP) is 1.77. The van der Waals surface area contributed by atoms with Gasteiger partial charge in [-0.15, -0.1) is 15.3 Å². The van der Waals surface area contributed by atoms with Crippen molar-refractivity contribution in [1.82, 2.24) is 34.5 Å². The van der Waals surface area contributed by atoms with Crippen LogP contribution in [-0.4, -0.2) is 114 Å². The number of piperazine rings is 2. The minimum Gasteiger partial charge on any atom is -0.468 e. The number of fused-ring (bicyclic) bond motifs is 2. The van der Waals surface area contributed by atoms with Crippen LogP contribution in [-0.2, 0) is 19.6 Å². The molecule has 2 aromatic heterocycles. The second-order valence-electron chi connectivity index (χ2n) is 12.0. The lowest BCUT2D eigenvalue weighted by Crippen LogP contribution is -2.66. The zero-order valence-electron chi connectivity index (χ0n) is 23.9. The number of carbonyl (C=O) groups is 1. The van der Waals surface area contributed by atoms with Gasteiger partial charge in [-0.25, -0.2) is 26.6 Å². The second kappa shape index (κ2) is 10.3. The van der Waals surface area contributed by atoms with E-state index in [1.807, 2.05) is 30.7 Å². The first kappa shape index (κ1) is 28.8. The third kappa shape index (κ3) is 5.13. The average Bonchev–Trinajstić information content (AvgIpc) is 3.32. The van der Waals surface area contributed by atoms with E-state index in [4.69, 9.17) is 9.47 Å². The molecule has 0 radical (unpaired) electrons. The second-order valence-corrected chi connectivity index (χ2v) is 14.6. The van der Waals surface area contributed by atoms with Crippen molar-refractivity contribution in [3.05, 3.63) is 17.1 Å². The Morgan fingerprint density at radius 1 is 1.19 bits per heavy atom. The fourth-order valence-corrected chi connectivity index (χ4v) is 7.92. The number of rotatable bonds is 8. The maximum atomic E-state index is 13.7. The van der Waals surface area contributed by atoms with Crippen molar-refractivity contribution in [3.63, 3.8) is 0 Å². The molecule has 7 rings (SSSR count). The van der Waals surface area contributed by atoms with Gasteiger partial charge in [0.1, 0.15) is 6.10 Å². The van der Waals surface area contributed by atoms with Crippen LogP contribution in [0.2, 0.25) is 0 Å². The van der Waals surface area contributed by atoms with Gasteiger partial charge in [0, 0.05) is 31.7 Å². The molecule has 1 saturated carbocycles. The summed E-state index contributed by atoms with van der Waals surface area (Å²) in [6, 6.07) is 2.76. The minimum atomic E-state index is -3.97. The van der Waals surface area contributed by atoms with E-state index in [9.17, 15) is 22.0 Å². The Balaban J connectivity index is 1.38. The number of benzene rings is 1. The SMILES string of the molecule is C[C@@H]1C(=O)N2CCN(c3cc(S(=O)(=O)NC4(C)CC4)cc4c3c(OC3COC3)nn4-c3nnc(C(F)F)s3)C[C@H]2CN1C. The fraction of sp³-hybridized carbons (Fsp3) is 0.615. The number of likely N-dealkylation sites (N-methyl/N-ethyl adjacent to an activating group) is 1. The van der Waals surface area contributed by atoms with Gasteiger partial charge in [-0.1, -0.05) is 11.3 Å². The Morgan fingerprint density at radius 3 is 2.60 bits per heavy atom. The smallest absolute Gasteiger partial charge is 0.291 e. The Hall–Kier alpha value is -2.99. The van der Waals surface area contributed by atoms with Crippen molar-refractivity contribution in [2.45, 2.75) is 61.7 Å². The number of amides is 1. The minimum absolute atomic E-state index is 0.00860. The van der Waals surface area contributed by atoms with E-state index in [1.165, 1.54) is 10.7 Å². The number of nitrogens with one attached hydrogen (secondary N) is 1. The molecule has 232 valence electrons. The van der Waals surface area contributed by atoms with Crippen molar-refractivity contribution in [1.29, 1.82) is 0 Å². The number of sulfonamides is 1. The Kier molecular flexibility index (Phi) is 6.88. The van der Waals surface area contributed by atoms with Crippen LogP contribution in [0.3, 0.4) is 0 Å². The highest BCUT2D eigenvalue weighted by molar-refractivity contribution is 7.89.